The largest absolute Gasteiger partial charge is 0.480 e. The number of β-amino-alcohol motifs (C(OH)–C–C–N with tert-alkyl or cyclic N) is 1. The number of hydrogen-bond acceptors (Lipinski definition) is 7. The van der Waals surface area contributed by atoms with Crippen molar-refractivity contribution in [1.82, 2.24) is 4.31 Å². The van der Waals surface area contributed by atoms with Gasteiger partial charge in [0.25, 0.3) is 0 Å². The van der Waals surface area contributed by atoms with Crippen LogP contribution in [-0.4, -0.2) is 60.7 Å². The first-order chi connectivity index (χ1) is 9.78. The summed E-state index contributed by atoms with van der Waals surface area (Å²) < 4.78 is 30.3. The monoisotopic (exact) mass is 335 g/mol. The number of esters is 1. The Morgan fingerprint density at radius 3 is 2.71 bits per heavy atom. The Hall–Kier alpha value is -1.49. The molecule has 21 heavy (non-hydrogen) atoms. The van der Waals surface area contributed by atoms with E-state index in [1.54, 1.807) is 0 Å². The molecule has 10 heteroatoms. The van der Waals surface area contributed by atoms with Crippen molar-refractivity contribution >= 4 is 33.3 Å². The van der Waals surface area contributed by atoms with E-state index in [1.165, 1.54) is 11.4 Å². The molecule has 2 heterocycles. The summed E-state index contributed by atoms with van der Waals surface area (Å²) in [6.45, 7) is -0.324. The summed E-state index contributed by atoms with van der Waals surface area (Å²) in [5.74, 6) is -2.15. The average molecular weight is 335 g/mol. The van der Waals surface area contributed by atoms with Gasteiger partial charge < -0.3 is 14.9 Å². The highest BCUT2D eigenvalue weighted by atomic mass is 32.2. The second kappa shape index (κ2) is 5.72. The van der Waals surface area contributed by atoms with E-state index in [-0.39, 0.29) is 22.7 Å². The Labute approximate surface area is 124 Å². The fourth-order valence-electron chi connectivity index (χ4n) is 2.14. The maximum atomic E-state index is 12.5. The van der Waals surface area contributed by atoms with Crippen LogP contribution in [0.25, 0.3) is 0 Å². The summed E-state index contributed by atoms with van der Waals surface area (Å²) >= 11 is 0.888. The number of carbonyl (C=O) groups is 2. The number of aliphatic hydroxyl groups excluding tert-OH is 1. The highest BCUT2D eigenvalue weighted by Crippen LogP contribution is 2.31. The number of carboxylic acid groups (broad SMARTS) is 1. The lowest BCUT2D eigenvalue weighted by Crippen LogP contribution is -2.40. The zero-order chi connectivity index (χ0) is 15.8. The third-order valence-corrected chi connectivity index (χ3v) is 6.05. The smallest absolute Gasteiger partial charge is 0.349 e. The Morgan fingerprint density at radius 1 is 1.48 bits per heavy atom. The molecule has 0 bridgehead atoms. The fraction of sp³-hybridized carbons (Fsp3) is 0.455. The number of aliphatic hydroxyl groups is 1. The molecule has 116 valence electrons. The van der Waals surface area contributed by atoms with Crippen molar-refractivity contribution < 1.29 is 33.0 Å². The molecule has 1 aromatic heterocycles. The van der Waals surface area contributed by atoms with Gasteiger partial charge in [-0.3, -0.25) is 4.79 Å². The topological polar surface area (TPSA) is 121 Å². The highest BCUT2D eigenvalue weighted by Gasteiger charge is 2.44. The van der Waals surface area contributed by atoms with Gasteiger partial charge in [0.15, 0.2) is 0 Å². The molecule has 0 saturated carbocycles. The van der Waals surface area contributed by atoms with Crippen molar-refractivity contribution in [1.29, 1.82) is 0 Å². The van der Waals surface area contributed by atoms with E-state index in [1.807, 2.05) is 0 Å². The molecule has 1 aliphatic heterocycles. The van der Waals surface area contributed by atoms with Crippen LogP contribution < -0.4 is 0 Å². The highest BCUT2D eigenvalue weighted by molar-refractivity contribution is 7.89. The molecule has 2 N–H and O–H groups in total. The van der Waals surface area contributed by atoms with Gasteiger partial charge in [0.05, 0.1) is 13.2 Å². The molecule has 8 nitrogen and oxygen atoms in total. The van der Waals surface area contributed by atoms with Crippen LogP contribution in [0.1, 0.15) is 16.1 Å². The lowest BCUT2D eigenvalue weighted by atomic mass is 10.2. The molecule has 1 saturated heterocycles. The SMILES string of the molecule is COC(=O)c1sccc1S(=O)(=O)N1C[C@@H](O)C[C@H]1C(=O)O. The van der Waals surface area contributed by atoms with E-state index >= 15 is 0 Å². The summed E-state index contributed by atoms with van der Waals surface area (Å²) in [6.07, 6.45) is -1.24. The Kier molecular flexibility index (Phi) is 4.33. The minimum Gasteiger partial charge on any atom is -0.480 e. The van der Waals surface area contributed by atoms with Crippen LogP contribution in [0.4, 0.5) is 0 Å². The molecule has 1 aromatic rings. The predicted octanol–water partition coefficient (Wildman–Crippen LogP) is -0.257. The van der Waals surface area contributed by atoms with Gasteiger partial charge in [0.2, 0.25) is 10.0 Å². The molecule has 0 spiro atoms. The molecule has 0 radical (unpaired) electrons. The number of carbonyl (C=O) groups excluding carboxylic acids is 1. The molecule has 0 aliphatic carbocycles. The Bertz CT molecular complexity index is 666. The summed E-state index contributed by atoms with van der Waals surface area (Å²) in [5, 5.41) is 20.0. The number of nitrogens with zero attached hydrogens (tertiary/aromatic N) is 1. The van der Waals surface area contributed by atoms with E-state index in [2.05, 4.69) is 4.74 Å². The van der Waals surface area contributed by atoms with Crippen molar-refractivity contribution in [3.8, 4) is 0 Å². The number of ether oxygens (including phenoxy) is 1. The summed E-state index contributed by atoms with van der Waals surface area (Å²) in [5.41, 5.74) is 0. The van der Waals surface area contributed by atoms with Gasteiger partial charge in [0, 0.05) is 13.0 Å². The predicted molar refractivity (Wildman–Crippen MR) is 71.6 cm³/mol. The van der Waals surface area contributed by atoms with Crippen LogP contribution in [0.2, 0.25) is 0 Å². The Morgan fingerprint density at radius 2 is 2.14 bits per heavy atom. The number of hydrogen-bond donors (Lipinski definition) is 2. The van der Waals surface area contributed by atoms with Crippen LogP contribution in [0.15, 0.2) is 16.3 Å². The van der Waals surface area contributed by atoms with Crippen LogP contribution in [0.5, 0.6) is 0 Å². The first-order valence-corrected chi connectivity index (χ1v) is 8.19. The molecule has 1 fully saturated rings. The van der Waals surface area contributed by atoms with E-state index in [9.17, 15) is 23.1 Å². The van der Waals surface area contributed by atoms with Crippen LogP contribution in [0, 0.1) is 0 Å². The minimum absolute atomic E-state index is 0.122. The molecule has 1 aliphatic rings. The fourth-order valence-corrected chi connectivity index (χ4v) is 5.08. The maximum Gasteiger partial charge on any atom is 0.349 e. The number of carboxylic acids is 1. The van der Waals surface area contributed by atoms with Crippen molar-refractivity contribution in [3.05, 3.63) is 16.3 Å². The van der Waals surface area contributed by atoms with E-state index < -0.39 is 34.1 Å². The van der Waals surface area contributed by atoms with Crippen LogP contribution >= 0.6 is 11.3 Å². The molecule has 0 unspecified atom stereocenters. The number of rotatable bonds is 4. The second-order valence-corrected chi connectivity index (χ2v) is 7.20. The maximum absolute atomic E-state index is 12.5. The average Bonchev–Trinajstić information content (AvgIpc) is 3.04. The minimum atomic E-state index is -4.21. The van der Waals surface area contributed by atoms with Gasteiger partial charge >= 0.3 is 11.9 Å². The standard InChI is InChI=1S/C11H13NO7S2/c1-19-11(16)9-8(2-3-20-9)21(17,18)12-5-6(13)4-7(12)10(14)15/h2-3,6-7,13H,4-5H2,1H3,(H,14,15)/t6-,7-/m0/s1. The number of thiophene rings is 1. The van der Waals surface area contributed by atoms with E-state index in [4.69, 9.17) is 5.11 Å². The first kappa shape index (κ1) is 15.9. The van der Waals surface area contributed by atoms with Gasteiger partial charge in [-0.05, 0) is 11.4 Å². The van der Waals surface area contributed by atoms with Gasteiger partial charge in [0.1, 0.15) is 15.8 Å². The molecular weight excluding hydrogens is 322 g/mol. The van der Waals surface area contributed by atoms with Crippen LogP contribution in [0.3, 0.4) is 0 Å². The Balaban J connectivity index is 2.45. The number of aliphatic carboxylic acids is 1. The molecule has 0 amide bonds. The van der Waals surface area contributed by atoms with Crippen molar-refractivity contribution in [2.75, 3.05) is 13.7 Å². The first-order valence-electron chi connectivity index (χ1n) is 5.87. The van der Waals surface area contributed by atoms with E-state index in [0.29, 0.717) is 4.31 Å². The molecule has 2 rings (SSSR count). The van der Waals surface area contributed by atoms with Gasteiger partial charge in [-0.1, -0.05) is 0 Å². The van der Waals surface area contributed by atoms with Crippen molar-refractivity contribution in [3.63, 3.8) is 0 Å². The normalized spacial score (nSPS) is 23.1. The third-order valence-electron chi connectivity index (χ3n) is 3.11. The zero-order valence-corrected chi connectivity index (χ0v) is 12.6. The van der Waals surface area contributed by atoms with E-state index in [0.717, 1.165) is 18.4 Å². The summed E-state index contributed by atoms with van der Waals surface area (Å²) in [6, 6.07) is -0.133. The van der Waals surface area contributed by atoms with Crippen LogP contribution in [-0.2, 0) is 19.6 Å². The lowest BCUT2D eigenvalue weighted by molar-refractivity contribution is -0.140. The van der Waals surface area contributed by atoms with Crippen molar-refractivity contribution in [2.45, 2.75) is 23.5 Å². The quantitative estimate of drug-likeness (QED) is 0.727. The molecule has 2 atom stereocenters. The van der Waals surface area contributed by atoms with Gasteiger partial charge in [-0.2, -0.15) is 4.31 Å². The molecular formula is C11H13NO7S2. The second-order valence-electron chi connectivity index (χ2n) is 4.42. The summed E-state index contributed by atoms with van der Waals surface area (Å²) in [7, 11) is -3.08. The van der Waals surface area contributed by atoms with Gasteiger partial charge in [-0.15, -0.1) is 11.3 Å². The number of sulfonamides is 1. The molecule has 0 aromatic carbocycles. The third kappa shape index (κ3) is 2.79. The van der Waals surface area contributed by atoms with Gasteiger partial charge in [-0.25, -0.2) is 13.2 Å². The van der Waals surface area contributed by atoms with Crippen molar-refractivity contribution in [2.24, 2.45) is 0 Å². The lowest BCUT2D eigenvalue weighted by Gasteiger charge is -2.20. The summed E-state index contributed by atoms with van der Waals surface area (Å²) in [4.78, 5) is 22.3. The zero-order valence-electron chi connectivity index (χ0n) is 10.9. The number of methoxy groups -OCH3 is 1.